The summed E-state index contributed by atoms with van der Waals surface area (Å²) < 4.78 is 17.0. The zero-order chi connectivity index (χ0) is 26.0. The number of nitrogen functional groups attached to an aromatic ring is 1. The van der Waals surface area contributed by atoms with Crippen LogP contribution in [-0.4, -0.2) is 14.8 Å². The monoisotopic (exact) mass is 496 g/mol. The summed E-state index contributed by atoms with van der Waals surface area (Å²) in [6, 6.07) is 37.6. The van der Waals surface area contributed by atoms with Gasteiger partial charge in [-0.3, -0.25) is 4.98 Å². The molecule has 0 aliphatic heterocycles. The van der Waals surface area contributed by atoms with Gasteiger partial charge < -0.3 is 5.73 Å². The van der Waals surface area contributed by atoms with E-state index in [1.807, 2.05) is 83.6 Å². The van der Waals surface area contributed by atoms with E-state index in [0.29, 0.717) is 11.2 Å². The van der Waals surface area contributed by atoms with Gasteiger partial charge in [-0.1, -0.05) is 103 Å². The summed E-state index contributed by atoms with van der Waals surface area (Å²) >= 11 is 0. The van der Waals surface area contributed by atoms with Crippen molar-refractivity contribution in [3.8, 4) is 0 Å². The van der Waals surface area contributed by atoms with Gasteiger partial charge in [-0.05, 0) is 40.5 Å². The van der Waals surface area contributed by atoms with Gasteiger partial charge in [-0.2, -0.15) is 5.10 Å². The van der Waals surface area contributed by atoms with Crippen LogP contribution < -0.4 is 5.73 Å². The van der Waals surface area contributed by atoms with Crippen molar-refractivity contribution in [2.24, 2.45) is 0 Å². The van der Waals surface area contributed by atoms with Crippen molar-refractivity contribution in [3.63, 3.8) is 0 Å². The second kappa shape index (κ2) is 9.79. The molecule has 38 heavy (non-hydrogen) atoms. The standard InChI is InChI=1S/C33H25FN4/c34-29-22-32-28(21-30(29)35)31(19-18-24-11-10-20-36-23-24)37-38(32)33(25-12-4-1-5-13-25,26-14-6-2-7-15-26)27-16-8-3-9-17-27/h1-23H,35H2/b19-18+. The fourth-order valence-electron chi connectivity index (χ4n) is 5.11. The number of hydrogen-bond acceptors (Lipinski definition) is 3. The maximum atomic E-state index is 15.1. The minimum absolute atomic E-state index is 0.0813. The largest absolute Gasteiger partial charge is 0.396 e. The summed E-state index contributed by atoms with van der Waals surface area (Å²) in [5.74, 6) is -0.482. The van der Waals surface area contributed by atoms with Crippen molar-refractivity contribution in [1.29, 1.82) is 0 Å². The Kier molecular flexibility index (Phi) is 6.02. The lowest BCUT2D eigenvalue weighted by atomic mass is 9.77. The first-order valence-corrected chi connectivity index (χ1v) is 12.4. The van der Waals surface area contributed by atoms with Crippen LogP contribution in [0.25, 0.3) is 23.1 Å². The fraction of sp³-hybridized carbons (Fsp3) is 0.0303. The van der Waals surface area contributed by atoms with E-state index in [2.05, 4.69) is 41.4 Å². The number of aromatic nitrogens is 3. The average molecular weight is 497 g/mol. The predicted molar refractivity (Wildman–Crippen MR) is 152 cm³/mol. The van der Waals surface area contributed by atoms with E-state index >= 15 is 4.39 Å². The molecule has 6 aromatic rings. The highest BCUT2D eigenvalue weighted by atomic mass is 19.1. The van der Waals surface area contributed by atoms with Crippen LogP contribution in [0.15, 0.2) is 128 Å². The topological polar surface area (TPSA) is 56.7 Å². The Morgan fingerprint density at radius 3 is 1.82 bits per heavy atom. The number of nitrogens with zero attached hydrogens (tertiary/aromatic N) is 3. The number of halogens is 1. The summed E-state index contributed by atoms with van der Waals surface area (Å²) in [7, 11) is 0. The van der Waals surface area contributed by atoms with E-state index in [1.54, 1.807) is 18.5 Å². The average Bonchev–Trinajstić information content (AvgIpc) is 3.32. The lowest BCUT2D eigenvalue weighted by molar-refractivity contribution is 0.474. The third-order valence-electron chi connectivity index (χ3n) is 6.84. The Balaban J connectivity index is 1.73. The molecule has 2 aromatic heterocycles. The van der Waals surface area contributed by atoms with Crippen molar-refractivity contribution in [1.82, 2.24) is 14.8 Å². The lowest BCUT2D eigenvalue weighted by Gasteiger charge is -2.37. The summed E-state index contributed by atoms with van der Waals surface area (Å²) in [5, 5.41) is 5.94. The highest BCUT2D eigenvalue weighted by Gasteiger charge is 2.40. The summed E-state index contributed by atoms with van der Waals surface area (Å²) in [6.07, 6.45) is 7.40. The fourth-order valence-corrected chi connectivity index (χ4v) is 5.11. The number of hydrogen-bond donors (Lipinski definition) is 1. The van der Waals surface area contributed by atoms with E-state index in [9.17, 15) is 0 Å². The molecule has 0 aliphatic carbocycles. The van der Waals surface area contributed by atoms with E-state index in [4.69, 9.17) is 10.8 Å². The zero-order valence-electron chi connectivity index (χ0n) is 20.6. The van der Waals surface area contributed by atoms with Crippen molar-refractivity contribution in [2.75, 3.05) is 5.73 Å². The van der Waals surface area contributed by atoms with Crippen molar-refractivity contribution in [2.45, 2.75) is 5.54 Å². The normalized spacial score (nSPS) is 11.8. The Hall–Kier alpha value is -5.03. The van der Waals surface area contributed by atoms with Crippen LogP contribution >= 0.6 is 0 Å². The lowest BCUT2D eigenvalue weighted by Crippen LogP contribution is -2.38. The highest BCUT2D eigenvalue weighted by molar-refractivity contribution is 5.92. The second-order valence-electron chi connectivity index (χ2n) is 9.12. The van der Waals surface area contributed by atoms with Crippen LogP contribution in [0.1, 0.15) is 27.9 Å². The molecule has 184 valence electrons. The van der Waals surface area contributed by atoms with Crippen LogP contribution in [-0.2, 0) is 5.54 Å². The minimum atomic E-state index is -0.884. The molecule has 0 amide bonds. The third-order valence-corrected chi connectivity index (χ3v) is 6.84. The van der Waals surface area contributed by atoms with Crippen molar-refractivity contribution < 1.29 is 4.39 Å². The Bertz CT molecular complexity index is 1610. The van der Waals surface area contributed by atoms with E-state index in [-0.39, 0.29) is 5.69 Å². The first-order valence-electron chi connectivity index (χ1n) is 12.4. The molecule has 4 aromatic carbocycles. The molecule has 0 aliphatic rings. The Morgan fingerprint density at radius 1 is 0.711 bits per heavy atom. The first-order chi connectivity index (χ1) is 18.7. The molecule has 0 saturated carbocycles. The van der Waals surface area contributed by atoms with Gasteiger partial charge in [0.15, 0.2) is 0 Å². The maximum absolute atomic E-state index is 15.1. The van der Waals surface area contributed by atoms with Gasteiger partial charge in [-0.25, -0.2) is 9.07 Å². The van der Waals surface area contributed by atoms with Crippen LogP contribution in [0.4, 0.5) is 10.1 Å². The van der Waals surface area contributed by atoms with Crippen LogP contribution in [0.2, 0.25) is 0 Å². The SMILES string of the molecule is Nc1cc2c(/C=C/c3cccnc3)nn(C(c3ccccc3)(c3ccccc3)c3ccccc3)c2cc1F. The van der Waals surface area contributed by atoms with Crippen molar-refractivity contribution in [3.05, 3.63) is 161 Å². The summed E-state index contributed by atoms with van der Waals surface area (Å²) in [5.41, 5.74) is 10.5. The van der Waals surface area contributed by atoms with Gasteiger partial charge in [0.2, 0.25) is 0 Å². The van der Waals surface area contributed by atoms with Crippen molar-refractivity contribution >= 4 is 28.7 Å². The summed E-state index contributed by atoms with van der Waals surface area (Å²) in [4.78, 5) is 4.20. The first kappa shape index (κ1) is 23.4. The molecule has 0 bridgehead atoms. The van der Waals surface area contributed by atoms with Crippen LogP contribution in [0, 0.1) is 5.82 Å². The quantitative estimate of drug-likeness (QED) is 0.197. The molecule has 0 saturated heterocycles. The molecule has 0 spiro atoms. The number of rotatable bonds is 6. The number of fused-ring (bicyclic) bond motifs is 1. The molecule has 2 N–H and O–H groups in total. The van der Waals surface area contributed by atoms with Crippen LogP contribution in [0.3, 0.4) is 0 Å². The molecule has 4 nitrogen and oxygen atoms in total. The second-order valence-corrected chi connectivity index (χ2v) is 9.12. The molecule has 2 heterocycles. The van der Waals surface area contributed by atoms with Gasteiger partial charge in [0.05, 0.1) is 16.9 Å². The minimum Gasteiger partial charge on any atom is -0.396 e. The van der Waals surface area contributed by atoms with Gasteiger partial charge in [0, 0.05) is 23.8 Å². The smallest absolute Gasteiger partial charge is 0.148 e. The van der Waals surface area contributed by atoms with E-state index in [1.165, 1.54) is 6.07 Å². The summed E-state index contributed by atoms with van der Waals surface area (Å²) in [6.45, 7) is 0. The molecule has 0 atom stereocenters. The molecular weight excluding hydrogens is 471 g/mol. The Morgan fingerprint density at radius 2 is 1.29 bits per heavy atom. The molecule has 6 rings (SSSR count). The predicted octanol–water partition coefficient (Wildman–Crippen LogP) is 7.16. The van der Waals surface area contributed by atoms with E-state index in [0.717, 1.165) is 27.6 Å². The molecule has 5 heteroatoms. The molecule has 0 unspecified atom stereocenters. The number of benzene rings is 4. The highest BCUT2D eigenvalue weighted by Crippen LogP contribution is 2.43. The third kappa shape index (κ3) is 3.95. The molecule has 0 fully saturated rings. The number of pyridine rings is 1. The zero-order valence-corrected chi connectivity index (χ0v) is 20.6. The van der Waals surface area contributed by atoms with Gasteiger partial charge in [0.25, 0.3) is 0 Å². The molecular formula is C33H25FN4. The van der Waals surface area contributed by atoms with Crippen LogP contribution in [0.5, 0.6) is 0 Å². The van der Waals surface area contributed by atoms with Gasteiger partial charge in [-0.15, -0.1) is 0 Å². The molecule has 0 radical (unpaired) electrons. The Labute approximate surface area is 220 Å². The van der Waals surface area contributed by atoms with Gasteiger partial charge in [0.1, 0.15) is 11.4 Å². The number of nitrogens with two attached hydrogens (primary N) is 1. The van der Waals surface area contributed by atoms with Gasteiger partial charge >= 0.3 is 0 Å². The number of anilines is 1. The van der Waals surface area contributed by atoms with E-state index < -0.39 is 11.4 Å². The maximum Gasteiger partial charge on any atom is 0.148 e.